The van der Waals surface area contributed by atoms with Crippen molar-refractivity contribution >= 4 is 23.3 Å². The van der Waals surface area contributed by atoms with Crippen LogP contribution in [0.4, 0.5) is 4.79 Å². The maximum absolute atomic E-state index is 12.1. The van der Waals surface area contributed by atoms with Gasteiger partial charge in [-0.05, 0) is 42.2 Å². The number of nitrogens with one attached hydrogen (secondary N) is 2. The largest absolute Gasteiger partial charge is 0.335 e. The van der Waals surface area contributed by atoms with Gasteiger partial charge in [0.15, 0.2) is 6.54 Å². The third-order valence-corrected chi connectivity index (χ3v) is 5.99. The summed E-state index contributed by atoms with van der Waals surface area (Å²) in [6.45, 7) is 4.63. The maximum atomic E-state index is 12.1. The van der Waals surface area contributed by atoms with Crippen LogP contribution in [-0.2, 0) is 4.79 Å². The fourth-order valence-electron chi connectivity index (χ4n) is 3.00. The molecule has 2 aromatic rings. The van der Waals surface area contributed by atoms with Crippen LogP contribution in [0.25, 0.3) is 0 Å². The molecule has 1 heterocycles. The minimum Gasteiger partial charge on any atom is -0.335 e. The summed E-state index contributed by atoms with van der Waals surface area (Å²) < 4.78 is 0. The van der Waals surface area contributed by atoms with Crippen LogP contribution in [0, 0.1) is 0 Å². The van der Waals surface area contributed by atoms with Crippen LogP contribution in [0.3, 0.4) is 0 Å². The number of urea groups is 1. The van der Waals surface area contributed by atoms with Gasteiger partial charge < -0.3 is 10.6 Å². The minimum atomic E-state index is -0.388. The van der Waals surface area contributed by atoms with Crippen LogP contribution in [0.2, 0.25) is 0 Å². The number of carbonyl (C=O) groups is 2. The molecule has 2 atom stereocenters. The van der Waals surface area contributed by atoms with Crippen molar-refractivity contribution in [2.45, 2.75) is 51.1 Å². The summed E-state index contributed by atoms with van der Waals surface area (Å²) in [6, 6.07) is 12.7. The van der Waals surface area contributed by atoms with Gasteiger partial charge in [-0.1, -0.05) is 44.2 Å². The number of thiophene rings is 1. The Morgan fingerprint density at radius 1 is 1.19 bits per heavy atom. The molecule has 0 aliphatic heterocycles. The number of hydrogen-bond acceptors (Lipinski definition) is 3. The van der Waals surface area contributed by atoms with E-state index in [-0.39, 0.29) is 30.6 Å². The van der Waals surface area contributed by atoms with E-state index in [1.54, 1.807) is 11.3 Å². The monoisotopic (exact) mass is 386 g/mol. The molecular formula is C21H28N3O2S+. The SMILES string of the molecule is CC[C@@H](C)c1ccc([C@H]([NH2+]CC(=O)NC(=O)NC2CC2)c2cccs2)cc1. The molecule has 1 fully saturated rings. The van der Waals surface area contributed by atoms with E-state index in [2.05, 4.69) is 54.8 Å². The number of carbonyl (C=O) groups excluding carboxylic acids is 2. The highest BCUT2D eigenvalue weighted by Crippen LogP contribution is 2.25. The molecule has 1 aliphatic carbocycles. The number of hydrogen-bond donors (Lipinski definition) is 3. The Balaban J connectivity index is 1.63. The van der Waals surface area contributed by atoms with E-state index in [9.17, 15) is 9.59 Å². The fourth-order valence-corrected chi connectivity index (χ4v) is 3.85. The topological polar surface area (TPSA) is 74.8 Å². The third-order valence-electron chi connectivity index (χ3n) is 5.03. The Labute approximate surface area is 164 Å². The first-order valence-electron chi connectivity index (χ1n) is 9.63. The van der Waals surface area contributed by atoms with Crippen molar-refractivity contribution in [3.63, 3.8) is 0 Å². The van der Waals surface area contributed by atoms with E-state index in [1.807, 2.05) is 16.8 Å². The number of rotatable bonds is 8. The Kier molecular flexibility index (Phi) is 6.63. The van der Waals surface area contributed by atoms with Crippen molar-refractivity contribution in [3.05, 3.63) is 57.8 Å². The number of benzene rings is 1. The molecule has 1 aromatic carbocycles. The van der Waals surface area contributed by atoms with Crippen LogP contribution in [0.5, 0.6) is 0 Å². The van der Waals surface area contributed by atoms with Gasteiger partial charge in [0.2, 0.25) is 0 Å². The van der Waals surface area contributed by atoms with Crippen molar-refractivity contribution in [2.24, 2.45) is 0 Å². The summed E-state index contributed by atoms with van der Waals surface area (Å²) in [6.07, 6.45) is 3.12. The summed E-state index contributed by atoms with van der Waals surface area (Å²) in [5, 5.41) is 9.23. The zero-order valence-electron chi connectivity index (χ0n) is 15.9. The number of nitrogens with two attached hydrogens (primary N) is 1. The lowest BCUT2D eigenvalue weighted by molar-refractivity contribution is -0.676. The zero-order valence-corrected chi connectivity index (χ0v) is 16.7. The highest BCUT2D eigenvalue weighted by atomic mass is 32.1. The molecule has 0 unspecified atom stereocenters. The quantitative estimate of drug-likeness (QED) is 0.653. The Morgan fingerprint density at radius 2 is 1.89 bits per heavy atom. The lowest BCUT2D eigenvalue weighted by atomic mass is 9.95. The number of amides is 3. The molecule has 27 heavy (non-hydrogen) atoms. The predicted octanol–water partition coefficient (Wildman–Crippen LogP) is 2.90. The fraction of sp³-hybridized carbons (Fsp3) is 0.429. The van der Waals surface area contributed by atoms with Gasteiger partial charge in [-0.3, -0.25) is 10.1 Å². The van der Waals surface area contributed by atoms with Gasteiger partial charge in [-0.25, -0.2) is 4.79 Å². The van der Waals surface area contributed by atoms with E-state index >= 15 is 0 Å². The number of imide groups is 1. The van der Waals surface area contributed by atoms with Gasteiger partial charge in [0.1, 0.15) is 6.04 Å². The predicted molar refractivity (Wildman–Crippen MR) is 108 cm³/mol. The Hall–Kier alpha value is -2.18. The normalized spacial score (nSPS) is 15.8. The second kappa shape index (κ2) is 9.15. The van der Waals surface area contributed by atoms with Crippen LogP contribution in [0.1, 0.15) is 61.1 Å². The average molecular weight is 387 g/mol. The van der Waals surface area contributed by atoms with E-state index in [0.29, 0.717) is 5.92 Å². The summed E-state index contributed by atoms with van der Waals surface area (Å²) in [4.78, 5) is 25.1. The lowest BCUT2D eigenvalue weighted by Gasteiger charge is -2.16. The average Bonchev–Trinajstić information content (AvgIpc) is 3.31. The molecule has 4 N–H and O–H groups in total. The summed E-state index contributed by atoms with van der Waals surface area (Å²) in [5.74, 6) is 0.268. The Bertz CT molecular complexity index is 754. The van der Waals surface area contributed by atoms with E-state index in [4.69, 9.17) is 0 Å². The van der Waals surface area contributed by atoms with Crippen molar-refractivity contribution in [3.8, 4) is 0 Å². The Morgan fingerprint density at radius 3 is 2.48 bits per heavy atom. The second-order valence-corrected chi connectivity index (χ2v) is 8.18. The van der Waals surface area contributed by atoms with Gasteiger partial charge in [0, 0.05) is 11.6 Å². The molecule has 3 rings (SSSR count). The summed E-state index contributed by atoms with van der Waals surface area (Å²) >= 11 is 1.68. The van der Waals surface area contributed by atoms with Crippen molar-refractivity contribution < 1.29 is 14.9 Å². The third kappa shape index (κ3) is 5.65. The summed E-state index contributed by atoms with van der Waals surface area (Å²) in [5.41, 5.74) is 2.50. The minimum absolute atomic E-state index is 0.0493. The summed E-state index contributed by atoms with van der Waals surface area (Å²) in [7, 11) is 0. The van der Waals surface area contributed by atoms with Crippen LogP contribution < -0.4 is 16.0 Å². The molecule has 144 valence electrons. The molecule has 0 bridgehead atoms. The standard InChI is InChI=1S/C21H27N3O2S/c1-3-14(2)15-6-8-16(9-7-15)20(18-5-4-12-27-18)22-13-19(25)24-21(26)23-17-10-11-17/h4-9,12,14,17,20,22H,3,10-11,13H2,1-2H3,(H2,23,24,25,26)/p+1/t14-,20+/m1/s1. The molecule has 0 spiro atoms. The van der Waals surface area contributed by atoms with E-state index in [1.165, 1.54) is 16.0 Å². The first-order valence-corrected chi connectivity index (χ1v) is 10.5. The first-order chi connectivity index (χ1) is 13.1. The van der Waals surface area contributed by atoms with Crippen LogP contribution >= 0.6 is 11.3 Å². The zero-order chi connectivity index (χ0) is 19.2. The van der Waals surface area contributed by atoms with Crippen molar-refractivity contribution in [1.82, 2.24) is 10.6 Å². The molecule has 0 radical (unpaired) electrons. The van der Waals surface area contributed by atoms with Gasteiger partial charge >= 0.3 is 6.03 Å². The molecule has 1 saturated carbocycles. The van der Waals surface area contributed by atoms with E-state index in [0.717, 1.165) is 19.3 Å². The molecule has 0 saturated heterocycles. The molecule has 1 aromatic heterocycles. The van der Waals surface area contributed by atoms with Crippen LogP contribution in [-0.4, -0.2) is 24.5 Å². The molecular weight excluding hydrogens is 358 g/mol. The van der Waals surface area contributed by atoms with Gasteiger partial charge in [0.05, 0.1) is 4.88 Å². The van der Waals surface area contributed by atoms with E-state index < -0.39 is 0 Å². The second-order valence-electron chi connectivity index (χ2n) is 7.20. The first kappa shape index (κ1) is 19.6. The van der Waals surface area contributed by atoms with Gasteiger partial charge in [-0.2, -0.15) is 0 Å². The van der Waals surface area contributed by atoms with Gasteiger partial charge in [-0.15, -0.1) is 11.3 Å². The smallest absolute Gasteiger partial charge is 0.321 e. The highest BCUT2D eigenvalue weighted by Gasteiger charge is 2.25. The van der Waals surface area contributed by atoms with Crippen molar-refractivity contribution in [1.29, 1.82) is 0 Å². The highest BCUT2D eigenvalue weighted by molar-refractivity contribution is 7.10. The molecule has 3 amide bonds. The maximum Gasteiger partial charge on any atom is 0.321 e. The van der Waals surface area contributed by atoms with Gasteiger partial charge in [0.25, 0.3) is 5.91 Å². The lowest BCUT2D eigenvalue weighted by Crippen LogP contribution is -2.87. The van der Waals surface area contributed by atoms with Crippen molar-refractivity contribution in [2.75, 3.05) is 6.54 Å². The van der Waals surface area contributed by atoms with Crippen LogP contribution in [0.15, 0.2) is 41.8 Å². The molecule has 6 heteroatoms. The molecule has 1 aliphatic rings. The number of quaternary nitrogens is 1. The molecule has 5 nitrogen and oxygen atoms in total.